The zero-order valence-electron chi connectivity index (χ0n) is 17.9. The summed E-state index contributed by atoms with van der Waals surface area (Å²) in [5.74, 6) is 1.48. The maximum atomic E-state index is 13.3. The van der Waals surface area contributed by atoms with Gasteiger partial charge in [-0.3, -0.25) is 4.79 Å². The molecule has 30 heavy (non-hydrogen) atoms. The Kier molecular flexibility index (Phi) is 5.15. The average Bonchev–Trinajstić information content (AvgIpc) is 3.40. The standard InChI is InChI=1S/C23H30N6O/c1-15-9-10-17-13-19(23(30)24-20(17)12-15)21(28-11-5-6-16(2)14-28)22-25-26-27-29(22)18-7-3-4-8-18/h9-10,12-13,16,18,21H,3-8,11,14H2,1-2H3,(H,24,30)/p+1/t16-,21-/m0/s1. The Morgan fingerprint density at radius 2 is 2.00 bits per heavy atom. The third-order valence-corrected chi connectivity index (χ3v) is 7.00. The number of hydrogen-bond acceptors (Lipinski definition) is 4. The van der Waals surface area contributed by atoms with Gasteiger partial charge in [-0.05, 0) is 66.1 Å². The second-order valence-corrected chi connectivity index (χ2v) is 9.36. The number of pyridine rings is 1. The van der Waals surface area contributed by atoms with Gasteiger partial charge in [0, 0.05) is 11.4 Å². The summed E-state index contributed by atoms with van der Waals surface area (Å²) in [7, 11) is 0. The van der Waals surface area contributed by atoms with Crippen LogP contribution in [0.3, 0.4) is 0 Å². The average molecular weight is 408 g/mol. The molecule has 0 spiro atoms. The summed E-state index contributed by atoms with van der Waals surface area (Å²) < 4.78 is 2.03. The van der Waals surface area contributed by atoms with E-state index in [2.05, 4.69) is 45.6 Å². The monoisotopic (exact) mass is 407 g/mol. The highest BCUT2D eigenvalue weighted by molar-refractivity contribution is 5.79. The van der Waals surface area contributed by atoms with E-state index in [1.54, 1.807) is 0 Å². The van der Waals surface area contributed by atoms with E-state index in [0.717, 1.165) is 53.8 Å². The van der Waals surface area contributed by atoms with Gasteiger partial charge in [-0.2, -0.15) is 0 Å². The van der Waals surface area contributed by atoms with E-state index in [1.807, 2.05) is 17.7 Å². The van der Waals surface area contributed by atoms with Crippen molar-refractivity contribution in [1.29, 1.82) is 0 Å². The van der Waals surface area contributed by atoms with Crippen molar-refractivity contribution >= 4 is 10.9 Å². The van der Waals surface area contributed by atoms with Crippen molar-refractivity contribution in [1.82, 2.24) is 25.2 Å². The zero-order valence-corrected chi connectivity index (χ0v) is 17.9. The van der Waals surface area contributed by atoms with Crippen molar-refractivity contribution in [2.45, 2.75) is 64.5 Å². The molecule has 5 rings (SSSR count). The highest BCUT2D eigenvalue weighted by Crippen LogP contribution is 2.31. The quantitative estimate of drug-likeness (QED) is 0.696. The fraction of sp³-hybridized carbons (Fsp3) is 0.565. The lowest BCUT2D eigenvalue weighted by molar-refractivity contribution is -0.934. The number of fused-ring (bicyclic) bond motifs is 1. The molecule has 2 N–H and O–H groups in total. The number of nitrogens with zero attached hydrogens (tertiary/aromatic N) is 4. The fourth-order valence-electron chi connectivity index (χ4n) is 5.48. The molecular formula is C23H31N6O+. The Bertz CT molecular complexity index is 1100. The van der Waals surface area contributed by atoms with Gasteiger partial charge >= 0.3 is 0 Å². The van der Waals surface area contributed by atoms with Crippen LogP contribution in [0.4, 0.5) is 0 Å². The maximum absolute atomic E-state index is 13.3. The van der Waals surface area contributed by atoms with Gasteiger partial charge in [0.05, 0.1) is 24.7 Å². The Morgan fingerprint density at radius 3 is 2.80 bits per heavy atom. The first-order valence-electron chi connectivity index (χ1n) is 11.4. The molecule has 158 valence electrons. The molecule has 2 aromatic heterocycles. The number of quaternary nitrogens is 1. The van der Waals surface area contributed by atoms with Gasteiger partial charge < -0.3 is 9.88 Å². The summed E-state index contributed by atoms with van der Waals surface area (Å²) in [6.07, 6.45) is 7.09. The molecule has 7 nitrogen and oxygen atoms in total. The van der Waals surface area contributed by atoms with Crippen molar-refractivity contribution in [2.24, 2.45) is 5.92 Å². The van der Waals surface area contributed by atoms with Crippen molar-refractivity contribution in [2.75, 3.05) is 13.1 Å². The van der Waals surface area contributed by atoms with Crippen molar-refractivity contribution in [3.63, 3.8) is 0 Å². The fourth-order valence-corrected chi connectivity index (χ4v) is 5.48. The number of H-pyrrole nitrogens is 1. The highest BCUT2D eigenvalue weighted by Gasteiger charge is 2.37. The van der Waals surface area contributed by atoms with Gasteiger partial charge in [-0.15, -0.1) is 5.10 Å². The molecule has 0 amide bonds. The number of rotatable bonds is 4. The zero-order chi connectivity index (χ0) is 20.7. The lowest BCUT2D eigenvalue weighted by atomic mass is 9.95. The molecule has 3 atom stereocenters. The molecule has 2 fully saturated rings. The third kappa shape index (κ3) is 3.55. The van der Waals surface area contributed by atoms with Gasteiger partial charge in [0.25, 0.3) is 5.56 Å². The van der Waals surface area contributed by atoms with Crippen LogP contribution in [0.5, 0.6) is 0 Å². The number of likely N-dealkylation sites (tertiary alicyclic amines) is 1. The van der Waals surface area contributed by atoms with Crippen LogP contribution >= 0.6 is 0 Å². The van der Waals surface area contributed by atoms with Crippen LogP contribution < -0.4 is 10.5 Å². The smallest absolute Gasteiger partial charge is 0.258 e. The molecule has 3 aromatic rings. The number of nitrogens with one attached hydrogen (secondary N) is 2. The number of aromatic nitrogens is 5. The first-order chi connectivity index (χ1) is 14.6. The van der Waals surface area contributed by atoms with Gasteiger partial charge in [-0.1, -0.05) is 31.9 Å². The summed E-state index contributed by atoms with van der Waals surface area (Å²) in [6, 6.07) is 8.50. The lowest BCUT2D eigenvalue weighted by Gasteiger charge is -2.33. The van der Waals surface area contributed by atoms with Crippen LogP contribution in [0.2, 0.25) is 0 Å². The normalized spacial score (nSPS) is 23.8. The maximum Gasteiger partial charge on any atom is 0.258 e. The Labute approximate surface area is 176 Å². The first kappa shape index (κ1) is 19.4. The second kappa shape index (κ2) is 7.95. The minimum Gasteiger partial charge on any atom is -0.322 e. The van der Waals surface area contributed by atoms with E-state index in [1.165, 1.54) is 30.6 Å². The number of hydrogen-bond donors (Lipinski definition) is 2. The van der Waals surface area contributed by atoms with E-state index >= 15 is 0 Å². The van der Waals surface area contributed by atoms with Crippen LogP contribution in [-0.2, 0) is 0 Å². The summed E-state index contributed by atoms with van der Waals surface area (Å²) in [5.41, 5.74) is 2.79. The van der Waals surface area contributed by atoms with E-state index in [-0.39, 0.29) is 11.6 Å². The SMILES string of the molecule is Cc1ccc2cc([C@@H](c3nnnn3C3CCCC3)[NH+]3CCC[C@H](C)C3)c(=O)[nH]c2c1. The van der Waals surface area contributed by atoms with E-state index < -0.39 is 0 Å². The summed E-state index contributed by atoms with van der Waals surface area (Å²) in [4.78, 5) is 17.8. The molecule has 1 saturated carbocycles. The number of aryl methyl sites for hydroxylation is 1. The van der Waals surface area contributed by atoms with E-state index in [9.17, 15) is 4.79 Å². The molecule has 1 unspecified atom stereocenters. The first-order valence-corrected chi connectivity index (χ1v) is 11.4. The Hall–Kier alpha value is -2.54. The van der Waals surface area contributed by atoms with Crippen LogP contribution in [0, 0.1) is 12.8 Å². The minimum absolute atomic E-state index is 0.0233. The molecule has 2 aliphatic rings. The molecule has 7 heteroatoms. The number of tetrazole rings is 1. The third-order valence-electron chi connectivity index (χ3n) is 7.00. The Morgan fingerprint density at radius 1 is 1.17 bits per heavy atom. The number of aromatic amines is 1. The molecule has 3 heterocycles. The van der Waals surface area contributed by atoms with E-state index in [4.69, 9.17) is 0 Å². The highest BCUT2D eigenvalue weighted by atomic mass is 16.1. The second-order valence-electron chi connectivity index (χ2n) is 9.36. The molecule has 0 radical (unpaired) electrons. The van der Waals surface area contributed by atoms with Crippen molar-refractivity contribution in [3.05, 3.63) is 51.6 Å². The molecular weight excluding hydrogens is 376 g/mol. The summed E-state index contributed by atoms with van der Waals surface area (Å²) >= 11 is 0. The molecule has 1 aromatic carbocycles. The number of benzene rings is 1. The molecule has 1 aliphatic carbocycles. The van der Waals surface area contributed by atoms with Gasteiger partial charge in [-0.25, -0.2) is 4.68 Å². The minimum atomic E-state index is -0.141. The predicted molar refractivity (Wildman–Crippen MR) is 116 cm³/mol. The topological polar surface area (TPSA) is 80.9 Å². The van der Waals surface area contributed by atoms with Crippen LogP contribution in [0.15, 0.2) is 29.1 Å². The molecule has 0 bridgehead atoms. The van der Waals surface area contributed by atoms with E-state index in [0.29, 0.717) is 12.0 Å². The molecule has 1 aliphatic heterocycles. The summed E-state index contributed by atoms with van der Waals surface area (Å²) in [6.45, 7) is 6.43. The molecule has 1 saturated heterocycles. The van der Waals surface area contributed by atoms with Crippen LogP contribution in [0.25, 0.3) is 10.9 Å². The Balaban J connectivity index is 1.65. The van der Waals surface area contributed by atoms with Crippen molar-refractivity contribution in [3.8, 4) is 0 Å². The van der Waals surface area contributed by atoms with Crippen LogP contribution in [-0.4, -0.2) is 38.3 Å². The van der Waals surface area contributed by atoms with Gasteiger partial charge in [0.1, 0.15) is 0 Å². The van der Waals surface area contributed by atoms with Crippen molar-refractivity contribution < 1.29 is 4.90 Å². The number of piperidine rings is 1. The predicted octanol–water partition coefficient (Wildman–Crippen LogP) is 2.34. The van der Waals surface area contributed by atoms with Crippen LogP contribution in [0.1, 0.15) is 74.5 Å². The largest absolute Gasteiger partial charge is 0.322 e. The van der Waals surface area contributed by atoms with Gasteiger partial charge in [0.2, 0.25) is 5.82 Å². The lowest BCUT2D eigenvalue weighted by Crippen LogP contribution is -3.14. The van der Waals surface area contributed by atoms with Gasteiger partial charge in [0.15, 0.2) is 6.04 Å². The summed E-state index contributed by atoms with van der Waals surface area (Å²) in [5, 5.41) is 14.0.